The molecule has 3 rings (SSSR count). The summed E-state index contributed by atoms with van der Waals surface area (Å²) in [5, 5.41) is 1.22. The summed E-state index contributed by atoms with van der Waals surface area (Å²) in [5.74, 6) is -0.137. The van der Waals surface area contributed by atoms with Crippen LogP contribution in [0.4, 0.5) is 0 Å². The topological polar surface area (TPSA) is 85.4 Å². The molecule has 1 N–H and O–H groups in total. The lowest BCUT2D eigenvalue weighted by Gasteiger charge is -2.09. The van der Waals surface area contributed by atoms with E-state index < -0.39 is 15.9 Å². The van der Waals surface area contributed by atoms with E-state index in [9.17, 15) is 13.2 Å². The largest absolute Gasteiger partial charge is 0.371 e. The molecule has 1 amide bonds. The number of fused-ring (bicyclic) bond motifs is 1. The van der Waals surface area contributed by atoms with Gasteiger partial charge in [0.05, 0.1) is 11.5 Å². The summed E-state index contributed by atoms with van der Waals surface area (Å²) in [4.78, 5) is 15.8. The zero-order valence-corrected chi connectivity index (χ0v) is 12.7. The van der Waals surface area contributed by atoms with Crippen molar-refractivity contribution in [3.63, 3.8) is 0 Å². The van der Waals surface area contributed by atoms with E-state index in [1.54, 1.807) is 24.4 Å². The summed E-state index contributed by atoms with van der Waals surface area (Å²) in [6.07, 6.45) is 5.32. The molecule has 1 fully saturated rings. The molecule has 1 aromatic carbocycles. The third-order valence-electron chi connectivity index (χ3n) is 3.46. The van der Waals surface area contributed by atoms with E-state index in [-0.39, 0.29) is 11.5 Å². The summed E-state index contributed by atoms with van der Waals surface area (Å²) in [7, 11) is -3.93. The molecule has 0 radical (unpaired) electrons. The molecular formula is C15H16N2O4S. The number of ether oxygens (including phenoxy) is 1. The number of carbonyl (C=O) groups is 1. The highest BCUT2D eigenvalue weighted by Crippen LogP contribution is 2.28. The van der Waals surface area contributed by atoms with Crippen LogP contribution >= 0.6 is 0 Å². The van der Waals surface area contributed by atoms with Gasteiger partial charge in [-0.2, -0.15) is 0 Å². The van der Waals surface area contributed by atoms with Crippen molar-refractivity contribution in [2.75, 3.05) is 13.2 Å². The van der Waals surface area contributed by atoms with Crippen LogP contribution in [0, 0.1) is 5.92 Å². The van der Waals surface area contributed by atoms with Crippen LogP contribution < -0.4 is 4.72 Å². The number of hydrogen-bond acceptors (Lipinski definition) is 5. The van der Waals surface area contributed by atoms with Gasteiger partial charge in [-0.25, -0.2) is 13.1 Å². The molecule has 0 bridgehead atoms. The Morgan fingerprint density at radius 3 is 2.91 bits per heavy atom. The molecule has 116 valence electrons. The van der Waals surface area contributed by atoms with E-state index in [0.717, 1.165) is 12.8 Å². The van der Waals surface area contributed by atoms with E-state index >= 15 is 0 Å². The first-order valence-corrected chi connectivity index (χ1v) is 8.51. The summed E-state index contributed by atoms with van der Waals surface area (Å²) in [6.45, 7) is 0.259. The van der Waals surface area contributed by atoms with Gasteiger partial charge in [0, 0.05) is 23.2 Å². The maximum Gasteiger partial charge on any atom is 0.264 e. The Hall–Kier alpha value is -1.99. The first-order valence-electron chi connectivity index (χ1n) is 7.02. The minimum absolute atomic E-state index is 0.0583. The van der Waals surface area contributed by atoms with Gasteiger partial charge in [-0.3, -0.25) is 9.78 Å². The van der Waals surface area contributed by atoms with Gasteiger partial charge >= 0.3 is 0 Å². The lowest BCUT2D eigenvalue weighted by Crippen LogP contribution is -2.33. The Kier molecular flexibility index (Phi) is 4.08. The molecule has 22 heavy (non-hydrogen) atoms. The minimum Gasteiger partial charge on any atom is -0.371 e. The van der Waals surface area contributed by atoms with E-state index in [1.165, 1.54) is 12.3 Å². The van der Waals surface area contributed by atoms with Gasteiger partial charge in [0.2, 0.25) is 0 Å². The molecule has 1 heterocycles. The number of nitrogens with one attached hydrogen (secondary N) is 1. The van der Waals surface area contributed by atoms with Crippen molar-refractivity contribution >= 4 is 26.7 Å². The van der Waals surface area contributed by atoms with Crippen molar-refractivity contribution in [1.82, 2.24) is 9.71 Å². The highest BCUT2D eigenvalue weighted by atomic mass is 32.2. The van der Waals surface area contributed by atoms with E-state index in [0.29, 0.717) is 23.3 Å². The molecular weight excluding hydrogens is 304 g/mol. The van der Waals surface area contributed by atoms with Gasteiger partial charge in [0.25, 0.3) is 15.9 Å². The Balaban J connectivity index is 1.74. The quantitative estimate of drug-likeness (QED) is 0.871. The first-order chi connectivity index (χ1) is 10.6. The third kappa shape index (κ3) is 3.42. The van der Waals surface area contributed by atoms with Crippen molar-refractivity contribution in [1.29, 1.82) is 0 Å². The number of carbonyl (C=O) groups excluding carboxylic acids is 1. The Labute approximate surface area is 128 Å². The number of benzene rings is 1. The maximum atomic E-state index is 12.4. The molecule has 0 saturated heterocycles. The fourth-order valence-electron chi connectivity index (χ4n) is 2.16. The second kappa shape index (κ2) is 6.02. The lowest BCUT2D eigenvalue weighted by atomic mass is 10.2. The highest BCUT2D eigenvalue weighted by Gasteiger charge is 2.23. The van der Waals surface area contributed by atoms with Crippen LogP contribution in [0.15, 0.2) is 41.6 Å². The number of hydrogen-bond donors (Lipinski definition) is 1. The van der Waals surface area contributed by atoms with Gasteiger partial charge in [0.15, 0.2) is 0 Å². The predicted molar refractivity (Wildman–Crippen MR) is 80.6 cm³/mol. The fourth-order valence-corrected chi connectivity index (χ4v) is 3.37. The van der Waals surface area contributed by atoms with Crippen LogP contribution in [-0.2, 0) is 19.6 Å². The van der Waals surface area contributed by atoms with Crippen molar-refractivity contribution < 1.29 is 17.9 Å². The van der Waals surface area contributed by atoms with Crippen LogP contribution in [0.25, 0.3) is 10.8 Å². The number of rotatable bonds is 6. The molecule has 2 aromatic rings. The molecule has 0 aliphatic heterocycles. The van der Waals surface area contributed by atoms with Crippen LogP contribution in [-0.4, -0.2) is 32.5 Å². The maximum absolute atomic E-state index is 12.4. The average Bonchev–Trinajstić information content (AvgIpc) is 3.30. The summed E-state index contributed by atoms with van der Waals surface area (Å²) >= 11 is 0. The number of sulfonamides is 1. The molecule has 0 atom stereocenters. The Bertz CT molecular complexity index is 795. The number of amides is 1. The second-order valence-corrected chi connectivity index (χ2v) is 6.99. The van der Waals surface area contributed by atoms with Crippen molar-refractivity contribution in [3.05, 3.63) is 36.7 Å². The highest BCUT2D eigenvalue weighted by molar-refractivity contribution is 7.90. The first kappa shape index (κ1) is 14.9. The van der Waals surface area contributed by atoms with Crippen LogP contribution in [0.3, 0.4) is 0 Å². The van der Waals surface area contributed by atoms with E-state index in [4.69, 9.17) is 4.74 Å². The Morgan fingerprint density at radius 2 is 2.14 bits per heavy atom. The normalized spacial score (nSPS) is 14.9. The van der Waals surface area contributed by atoms with Crippen molar-refractivity contribution in [3.8, 4) is 0 Å². The molecule has 0 unspecified atom stereocenters. The minimum atomic E-state index is -3.93. The third-order valence-corrected chi connectivity index (χ3v) is 4.89. The Morgan fingerprint density at radius 1 is 1.32 bits per heavy atom. The van der Waals surface area contributed by atoms with E-state index in [1.807, 2.05) is 4.72 Å². The molecule has 1 aliphatic rings. The molecule has 1 aliphatic carbocycles. The summed E-state index contributed by atoms with van der Waals surface area (Å²) < 4.78 is 32.0. The SMILES string of the molecule is O=C(COCC1CC1)NS(=O)(=O)c1cccc2cnccc12. The van der Waals surface area contributed by atoms with E-state index in [2.05, 4.69) is 4.98 Å². The standard InChI is InChI=1S/C15H16N2O4S/c18-15(10-21-9-11-4-5-11)17-22(19,20)14-3-1-2-12-8-16-7-6-13(12)14/h1-3,6-8,11H,4-5,9-10H2,(H,17,18). The van der Waals surface area contributed by atoms with Gasteiger partial charge in [0.1, 0.15) is 6.61 Å². The van der Waals surface area contributed by atoms with Crippen LogP contribution in [0.5, 0.6) is 0 Å². The molecule has 6 nitrogen and oxygen atoms in total. The number of aromatic nitrogens is 1. The van der Waals surface area contributed by atoms with Crippen LogP contribution in [0.1, 0.15) is 12.8 Å². The molecule has 0 spiro atoms. The fraction of sp³-hybridized carbons (Fsp3) is 0.333. The number of pyridine rings is 1. The molecule has 7 heteroatoms. The molecule has 1 saturated carbocycles. The monoisotopic (exact) mass is 320 g/mol. The second-order valence-electron chi connectivity index (χ2n) is 5.34. The summed E-state index contributed by atoms with van der Waals surface area (Å²) in [6, 6.07) is 6.45. The lowest BCUT2D eigenvalue weighted by molar-refractivity contribution is -0.124. The van der Waals surface area contributed by atoms with Crippen LogP contribution in [0.2, 0.25) is 0 Å². The van der Waals surface area contributed by atoms with Gasteiger partial charge in [-0.05, 0) is 30.9 Å². The smallest absolute Gasteiger partial charge is 0.264 e. The van der Waals surface area contributed by atoms with Gasteiger partial charge in [-0.1, -0.05) is 12.1 Å². The zero-order valence-electron chi connectivity index (χ0n) is 11.9. The zero-order chi connectivity index (χ0) is 15.6. The predicted octanol–water partition coefficient (Wildman–Crippen LogP) is 1.47. The molecule has 1 aromatic heterocycles. The van der Waals surface area contributed by atoms with Gasteiger partial charge in [-0.15, -0.1) is 0 Å². The number of nitrogens with zero attached hydrogens (tertiary/aromatic N) is 1. The van der Waals surface area contributed by atoms with Crippen molar-refractivity contribution in [2.24, 2.45) is 5.92 Å². The summed E-state index contributed by atoms with van der Waals surface area (Å²) in [5.41, 5.74) is 0. The van der Waals surface area contributed by atoms with Crippen molar-refractivity contribution in [2.45, 2.75) is 17.7 Å². The van der Waals surface area contributed by atoms with Gasteiger partial charge < -0.3 is 4.74 Å². The average molecular weight is 320 g/mol.